The van der Waals surface area contributed by atoms with Gasteiger partial charge in [0.15, 0.2) is 0 Å². The highest BCUT2D eigenvalue weighted by Crippen LogP contribution is 2.11. The molecule has 4 heteroatoms. The third-order valence-corrected chi connectivity index (χ3v) is 2.94. The largest absolute Gasteiger partial charge is 0.461 e. The van der Waals surface area contributed by atoms with Crippen LogP contribution in [0.15, 0.2) is 24.3 Å². The Bertz CT molecular complexity index is 428. The van der Waals surface area contributed by atoms with Crippen LogP contribution in [-0.4, -0.2) is 41.1 Å². The Balaban J connectivity index is 1.87. The van der Waals surface area contributed by atoms with Crippen molar-refractivity contribution in [3.05, 3.63) is 29.8 Å². The number of piperazine rings is 1. The number of nitrogen functional groups attached to an aromatic ring is 1. The molecule has 2 rings (SSSR count). The minimum Gasteiger partial charge on any atom is -0.461 e. The van der Waals surface area contributed by atoms with Crippen molar-refractivity contribution in [3.63, 3.8) is 0 Å². The second-order valence-corrected chi connectivity index (χ2v) is 4.23. The van der Waals surface area contributed by atoms with Crippen molar-refractivity contribution in [3.8, 4) is 12.2 Å². The molecule has 0 aromatic heterocycles. The van der Waals surface area contributed by atoms with Crippen molar-refractivity contribution in [1.82, 2.24) is 9.80 Å². The summed E-state index contributed by atoms with van der Waals surface area (Å²) in [5, 5.41) is 8.52. The molecule has 0 unspecified atom stereocenters. The van der Waals surface area contributed by atoms with Crippen molar-refractivity contribution in [2.45, 2.75) is 6.54 Å². The first-order chi connectivity index (χ1) is 8.28. The lowest BCUT2D eigenvalue weighted by Gasteiger charge is -2.32. The third-order valence-electron chi connectivity index (χ3n) is 2.94. The van der Waals surface area contributed by atoms with Crippen LogP contribution in [0.3, 0.4) is 0 Å². The molecule has 17 heavy (non-hydrogen) atoms. The fourth-order valence-electron chi connectivity index (χ4n) is 2.04. The number of hydrogen-bond acceptors (Lipinski definition) is 4. The molecule has 0 atom stereocenters. The molecule has 0 bridgehead atoms. The Morgan fingerprint density at radius 2 is 2.00 bits per heavy atom. The molecule has 1 saturated heterocycles. The van der Waals surface area contributed by atoms with Gasteiger partial charge in [0, 0.05) is 38.4 Å². The molecule has 1 aromatic carbocycles. The van der Waals surface area contributed by atoms with Crippen molar-refractivity contribution < 1.29 is 5.11 Å². The summed E-state index contributed by atoms with van der Waals surface area (Å²) in [6.07, 6.45) is 1.95. The molecular weight excluding hydrogens is 214 g/mol. The molecule has 1 aliphatic heterocycles. The molecule has 1 aromatic rings. The van der Waals surface area contributed by atoms with Gasteiger partial charge in [-0.05, 0) is 17.7 Å². The van der Waals surface area contributed by atoms with Crippen molar-refractivity contribution in [2.24, 2.45) is 0 Å². The van der Waals surface area contributed by atoms with Gasteiger partial charge in [0.25, 0.3) is 0 Å². The number of benzene rings is 1. The number of aliphatic hydroxyl groups is 1. The van der Waals surface area contributed by atoms with Crippen LogP contribution in [0.4, 0.5) is 5.69 Å². The highest BCUT2D eigenvalue weighted by Gasteiger charge is 2.14. The molecule has 1 aliphatic rings. The summed E-state index contributed by atoms with van der Waals surface area (Å²) in [6.45, 7) is 4.59. The predicted octanol–water partition coefficient (Wildman–Crippen LogP) is 0.677. The van der Waals surface area contributed by atoms with E-state index in [1.165, 1.54) is 5.56 Å². The zero-order valence-electron chi connectivity index (χ0n) is 9.76. The molecule has 1 heterocycles. The summed E-state index contributed by atoms with van der Waals surface area (Å²) in [6, 6.07) is 10.7. The maximum atomic E-state index is 8.52. The second-order valence-electron chi connectivity index (χ2n) is 4.23. The minimum absolute atomic E-state index is 0.812. The molecular formula is C13H17N3O. The number of nitrogens with two attached hydrogens (primary N) is 1. The zero-order chi connectivity index (χ0) is 12.1. The van der Waals surface area contributed by atoms with Crippen molar-refractivity contribution in [1.29, 1.82) is 0 Å². The quantitative estimate of drug-likeness (QED) is 0.580. The van der Waals surface area contributed by atoms with Crippen LogP contribution in [0.5, 0.6) is 0 Å². The number of hydrogen-bond donors (Lipinski definition) is 2. The third kappa shape index (κ3) is 3.30. The lowest BCUT2D eigenvalue weighted by atomic mass is 10.2. The maximum Gasteiger partial charge on any atom is 0.131 e. The molecule has 0 radical (unpaired) electrons. The van der Waals surface area contributed by atoms with Gasteiger partial charge >= 0.3 is 0 Å². The normalized spacial score (nSPS) is 16.4. The highest BCUT2D eigenvalue weighted by molar-refractivity contribution is 5.40. The van der Waals surface area contributed by atoms with Gasteiger partial charge in [0.2, 0.25) is 0 Å². The van der Waals surface area contributed by atoms with Gasteiger partial charge in [0.05, 0.1) is 6.04 Å². The Kier molecular flexibility index (Phi) is 3.73. The molecule has 3 N–H and O–H groups in total. The molecule has 1 fully saturated rings. The Morgan fingerprint density at radius 3 is 2.65 bits per heavy atom. The maximum absolute atomic E-state index is 8.52. The van der Waals surface area contributed by atoms with Gasteiger partial charge in [-0.15, -0.1) is 0 Å². The SMILES string of the molecule is Nc1cccc(CN2CCN(C#CO)CC2)c1. The molecule has 0 saturated carbocycles. The van der Waals surface area contributed by atoms with Gasteiger partial charge in [-0.25, -0.2) is 0 Å². The highest BCUT2D eigenvalue weighted by atomic mass is 16.2. The van der Waals surface area contributed by atoms with Crippen LogP contribution in [0.25, 0.3) is 0 Å². The first kappa shape index (κ1) is 11.6. The van der Waals surface area contributed by atoms with E-state index in [0.29, 0.717) is 0 Å². The lowest BCUT2D eigenvalue weighted by molar-refractivity contribution is 0.168. The van der Waals surface area contributed by atoms with Gasteiger partial charge in [-0.1, -0.05) is 12.1 Å². The average Bonchev–Trinajstić information content (AvgIpc) is 2.32. The number of nitrogens with zero attached hydrogens (tertiary/aromatic N) is 2. The van der Waals surface area contributed by atoms with Crippen LogP contribution in [0, 0.1) is 12.2 Å². The van der Waals surface area contributed by atoms with Crippen LogP contribution >= 0.6 is 0 Å². The van der Waals surface area contributed by atoms with Gasteiger partial charge in [-0.3, -0.25) is 4.90 Å². The summed E-state index contributed by atoms with van der Waals surface area (Å²) in [7, 11) is 0. The molecule has 0 amide bonds. The van der Waals surface area contributed by atoms with E-state index in [9.17, 15) is 0 Å². The minimum atomic E-state index is 0.812. The average molecular weight is 231 g/mol. The predicted molar refractivity (Wildman–Crippen MR) is 67.4 cm³/mol. The summed E-state index contributed by atoms with van der Waals surface area (Å²) in [5.41, 5.74) is 7.81. The number of rotatable bonds is 2. The van der Waals surface area contributed by atoms with E-state index in [1.54, 1.807) is 0 Å². The molecule has 0 spiro atoms. The van der Waals surface area contributed by atoms with Crippen LogP contribution in [0.1, 0.15) is 5.56 Å². The van der Waals surface area contributed by atoms with Crippen LogP contribution < -0.4 is 5.73 Å². The first-order valence-electron chi connectivity index (χ1n) is 5.74. The molecule has 90 valence electrons. The van der Waals surface area contributed by atoms with Gasteiger partial charge in [-0.2, -0.15) is 0 Å². The Hall–Kier alpha value is -1.86. The van der Waals surface area contributed by atoms with E-state index in [1.807, 2.05) is 29.2 Å². The summed E-state index contributed by atoms with van der Waals surface area (Å²) < 4.78 is 0. The van der Waals surface area contributed by atoms with E-state index in [0.717, 1.165) is 38.4 Å². The number of anilines is 1. The second kappa shape index (κ2) is 5.46. The van der Waals surface area contributed by atoms with Crippen molar-refractivity contribution in [2.75, 3.05) is 31.9 Å². The summed E-state index contributed by atoms with van der Waals surface area (Å²) >= 11 is 0. The van der Waals surface area contributed by atoms with E-state index >= 15 is 0 Å². The fraction of sp³-hybridized carbons (Fsp3) is 0.385. The zero-order valence-corrected chi connectivity index (χ0v) is 9.76. The Labute approximate surface area is 102 Å². The van der Waals surface area contributed by atoms with Gasteiger partial charge < -0.3 is 15.7 Å². The fourth-order valence-corrected chi connectivity index (χ4v) is 2.04. The lowest BCUT2D eigenvalue weighted by Crippen LogP contribution is -2.43. The molecule has 4 nitrogen and oxygen atoms in total. The van der Waals surface area contributed by atoms with E-state index in [4.69, 9.17) is 10.8 Å². The monoisotopic (exact) mass is 231 g/mol. The van der Waals surface area contributed by atoms with E-state index < -0.39 is 0 Å². The van der Waals surface area contributed by atoms with Crippen molar-refractivity contribution >= 4 is 5.69 Å². The van der Waals surface area contributed by atoms with Gasteiger partial charge in [0.1, 0.15) is 6.11 Å². The van der Waals surface area contributed by atoms with Crippen LogP contribution in [0.2, 0.25) is 0 Å². The number of aliphatic hydroxyl groups excluding tert-OH is 1. The summed E-state index contributed by atoms with van der Waals surface area (Å²) in [4.78, 5) is 4.31. The topological polar surface area (TPSA) is 52.7 Å². The van der Waals surface area contributed by atoms with Crippen LogP contribution in [-0.2, 0) is 6.54 Å². The van der Waals surface area contributed by atoms with E-state index in [-0.39, 0.29) is 0 Å². The standard InChI is InChI=1S/C13H17N3O/c14-13-3-1-2-12(10-13)11-16-6-4-15(5-7-16)8-9-17/h1-3,10,17H,4-7,11,14H2. The molecule has 0 aliphatic carbocycles. The first-order valence-corrected chi connectivity index (χ1v) is 5.74. The van der Waals surface area contributed by atoms with E-state index in [2.05, 4.69) is 17.0 Å². The smallest absolute Gasteiger partial charge is 0.131 e. The Morgan fingerprint density at radius 1 is 1.24 bits per heavy atom. The summed E-state index contributed by atoms with van der Waals surface area (Å²) in [5.74, 6) is 0.